The lowest BCUT2D eigenvalue weighted by Crippen LogP contribution is -2.49. The third-order valence-electron chi connectivity index (χ3n) is 3.53. The van der Waals surface area contributed by atoms with Crippen molar-refractivity contribution >= 4 is 6.29 Å². The Morgan fingerprint density at radius 3 is 2.36 bits per heavy atom. The van der Waals surface area contributed by atoms with Crippen molar-refractivity contribution in [2.24, 2.45) is 0 Å². The lowest BCUT2D eigenvalue weighted by Gasteiger charge is -2.37. The molecule has 0 aromatic heterocycles. The van der Waals surface area contributed by atoms with E-state index >= 15 is 0 Å². The molecule has 0 radical (unpaired) electrons. The minimum Gasteiger partial charge on any atom is -0.380 e. The van der Waals surface area contributed by atoms with E-state index in [1.165, 1.54) is 19.9 Å². The van der Waals surface area contributed by atoms with Crippen molar-refractivity contribution < 1.29 is 27.5 Å². The molecule has 1 aromatic rings. The van der Waals surface area contributed by atoms with Crippen LogP contribution in [0.15, 0.2) is 18.2 Å². The zero-order chi connectivity index (χ0) is 17.2. The van der Waals surface area contributed by atoms with E-state index in [2.05, 4.69) is 0 Å². The molecule has 0 heterocycles. The fraction of sp³-hybridized carbons (Fsp3) is 0.438. The first-order valence-corrected chi connectivity index (χ1v) is 6.44. The van der Waals surface area contributed by atoms with Gasteiger partial charge in [-0.2, -0.15) is 13.2 Å². The molecule has 22 heavy (non-hydrogen) atoms. The average Bonchev–Trinajstić information content (AvgIpc) is 2.36. The van der Waals surface area contributed by atoms with Gasteiger partial charge in [0.2, 0.25) is 0 Å². The van der Waals surface area contributed by atoms with Crippen LogP contribution in [0.2, 0.25) is 0 Å². The second-order valence-electron chi connectivity index (χ2n) is 5.82. The number of hydrogen-bond acceptors (Lipinski definition) is 2. The fourth-order valence-corrected chi connectivity index (χ4v) is 2.51. The molecule has 0 saturated carbocycles. The Hall–Kier alpha value is -1.87. The number of carbonyl (C=O) groups excluding carboxylic acids is 1. The first kappa shape index (κ1) is 18.2. The number of alkyl halides is 3. The van der Waals surface area contributed by atoms with E-state index in [4.69, 9.17) is 6.42 Å². The van der Waals surface area contributed by atoms with Gasteiger partial charge in [0.15, 0.2) is 5.60 Å². The monoisotopic (exact) mass is 316 g/mol. The van der Waals surface area contributed by atoms with Gasteiger partial charge in [-0.05, 0) is 29.5 Å². The molecule has 1 rings (SSSR count). The summed E-state index contributed by atoms with van der Waals surface area (Å²) < 4.78 is 52.5. The highest BCUT2D eigenvalue weighted by molar-refractivity contribution is 5.78. The molecule has 2 nitrogen and oxygen atoms in total. The summed E-state index contributed by atoms with van der Waals surface area (Å²) in [5.41, 5.74) is -4.18. The summed E-state index contributed by atoms with van der Waals surface area (Å²) in [5, 5.41) is 9.93. The Morgan fingerprint density at radius 1 is 1.32 bits per heavy atom. The molecule has 0 amide bonds. The van der Waals surface area contributed by atoms with E-state index in [1.54, 1.807) is 0 Å². The van der Waals surface area contributed by atoms with Gasteiger partial charge in [-0.15, -0.1) is 12.3 Å². The standard InChI is InChI=1S/C16H16F4O2/c1-4-7-15(22,16(18,19)20)10-14(2,3)13-6-5-12(17)8-11(13)9-21/h1,5-6,8-9,22H,7,10H2,2-3H3/t15-/m1/s1. The van der Waals surface area contributed by atoms with Crippen LogP contribution >= 0.6 is 0 Å². The van der Waals surface area contributed by atoms with Crippen LogP contribution in [-0.2, 0) is 5.41 Å². The van der Waals surface area contributed by atoms with E-state index < -0.39 is 35.9 Å². The Labute approximate surface area is 126 Å². The molecule has 120 valence electrons. The van der Waals surface area contributed by atoms with Crippen molar-refractivity contribution in [3.05, 3.63) is 35.1 Å². The van der Waals surface area contributed by atoms with Gasteiger partial charge in [0.05, 0.1) is 0 Å². The number of aldehydes is 1. The molecule has 0 fully saturated rings. The van der Waals surface area contributed by atoms with Crippen LogP contribution in [-0.4, -0.2) is 23.2 Å². The maximum absolute atomic E-state index is 13.2. The molecule has 0 aliphatic rings. The molecule has 6 heteroatoms. The normalized spacial score (nSPS) is 15.0. The van der Waals surface area contributed by atoms with Crippen LogP contribution in [0.1, 0.15) is 42.6 Å². The Morgan fingerprint density at radius 2 is 1.91 bits per heavy atom. The highest BCUT2D eigenvalue weighted by atomic mass is 19.4. The van der Waals surface area contributed by atoms with Gasteiger partial charge in [-0.1, -0.05) is 19.9 Å². The van der Waals surface area contributed by atoms with Gasteiger partial charge in [-0.25, -0.2) is 4.39 Å². The second kappa shape index (κ2) is 6.09. The van der Waals surface area contributed by atoms with Gasteiger partial charge < -0.3 is 5.11 Å². The predicted molar refractivity (Wildman–Crippen MR) is 73.9 cm³/mol. The van der Waals surface area contributed by atoms with Crippen molar-refractivity contribution in [3.8, 4) is 12.3 Å². The zero-order valence-electron chi connectivity index (χ0n) is 12.2. The number of halogens is 4. The third-order valence-corrected chi connectivity index (χ3v) is 3.53. The van der Waals surface area contributed by atoms with E-state index in [-0.39, 0.29) is 11.1 Å². The summed E-state index contributed by atoms with van der Waals surface area (Å²) in [6, 6.07) is 3.24. The molecule has 0 unspecified atom stereocenters. The minimum absolute atomic E-state index is 0.0600. The van der Waals surface area contributed by atoms with Crippen LogP contribution in [0, 0.1) is 18.2 Å². The zero-order valence-corrected chi connectivity index (χ0v) is 12.2. The lowest BCUT2D eigenvalue weighted by atomic mass is 9.72. The summed E-state index contributed by atoms with van der Waals surface area (Å²) >= 11 is 0. The van der Waals surface area contributed by atoms with E-state index in [0.717, 1.165) is 12.1 Å². The summed E-state index contributed by atoms with van der Waals surface area (Å²) in [4.78, 5) is 11.0. The fourth-order valence-electron chi connectivity index (χ4n) is 2.51. The molecule has 0 saturated heterocycles. The first-order chi connectivity index (χ1) is 9.97. The predicted octanol–water partition coefficient (Wildman–Crippen LogP) is 3.62. The number of carbonyl (C=O) groups is 1. The van der Waals surface area contributed by atoms with Crippen LogP contribution in [0.5, 0.6) is 0 Å². The van der Waals surface area contributed by atoms with Crippen molar-refractivity contribution in [1.82, 2.24) is 0 Å². The van der Waals surface area contributed by atoms with Crippen LogP contribution in [0.4, 0.5) is 17.6 Å². The summed E-state index contributed by atoms with van der Waals surface area (Å²) in [7, 11) is 0. The van der Waals surface area contributed by atoms with E-state index in [1.807, 2.05) is 5.92 Å². The van der Waals surface area contributed by atoms with Gasteiger partial charge in [-0.3, -0.25) is 4.79 Å². The SMILES string of the molecule is C#CC[C@@](O)(CC(C)(C)c1ccc(F)cc1C=O)C(F)(F)F. The number of rotatable bonds is 5. The molecule has 0 aliphatic heterocycles. The minimum atomic E-state index is -4.92. The topological polar surface area (TPSA) is 37.3 Å². The smallest absolute Gasteiger partial charge is 0.380 e. The number of hydrogen-bond donors (Lipinski definition) is 1. The van der Waals surface area contributed by atoms with Crippen molar-refractivity contribution in [3.63, 3.8) is 0 Å². The molecule has 1 aromatic carbocycles. The summed E-state index contributed by atoms with van der Waals surface area (Å²) in [5.74, 6) is 1.16. The molecule has 1 N–H and O–H groups in total. The van der Waals surface area contributed by atoms with Crippen molar-refractivity contribution in [1.29, 1.82) is 0 Å². The lowest BCUT2D eigenvalue weighted by molar-refractivity contribution is -0.264. The second-order valence-corrected chi connectivity index (χ2v) is 5.82. The quantitative estimate of drug-likeness (QED) is 0.512. The molecule has 1 atom stereocenters. The van der Waals surface area contributed by atoms with Crippen LogP contribution in [0.3, 0.4) is 0 Å². The largest absolute Gasteiger partial charge is 0.418 e. The van der Waals surface area contributed by atoms with Gasteiger partial charge >= 0.3 is 6.18 Å². The summed E-state index contributed by atoms with van der Waals surface area (Å²) in [6.07, 6.45) is -1.28. The number of aliphatic hydroxyl groups is 1. The van der Waals surface area contributed by atoms with E-state index in [9.17, 15) is 27.5 Å². The Kier molecular flexibility index (Phi) is 5.03. The average molecular weight is 316 g/mol. The highest BCUT2D eigenvalue weighted by Crippen LogP contribution is 2.43. The Balaban J connectivity index is 3.30. The van der Waals surface area contributed by atoms with E-state index in [0.29, 0.717) is 6.29 Å². The van der Waals surface area contributed by atoms with Gasteiger partial charge in [0.25, 0.3) is 0 Å². The summed E-state index contributed by atoms with van der Waals surface area (Å²) in [6.45, 7) is 2.86. The molecule has 0 spiro atoms. The van der Waals surface area contributed by atoms with Crippen molar-refractivity contribution in [2.45, 2.75) is 43.9 Å². The highest BCUT2D eigenvalue weighted by Gasteiger charge is 2.55. The number of terminal acetylenes is 1. The number of benzene rings is 1. The third kappa shape index (κ3) is 3.66. The first-order valence-electron chi connectivity index (χ1n) is 6.44. The van der Waals surface area contributed by atoms with Gasteiger partial charge in [0.1, 0.15) is 12.1 Å². The maximum Gasteiger partial charge on any atom is 0.418 e. The van der Waals surface area contributed by atoms with Crippen LogP contribution in [0.25, 0.3) is 0 Å². The van der Waals surface area contributed by atoms with Crippen LogP contribution < -0.4 is 0 Å². The molecule has 0 aliphatic carbocycles. The molecule has 0 bridgehead atoms. The van der Waals surface area contributed by atoms with Gasteiger partial charge in [0, 0.05) is 12.0 Å². The van der Waals surface area contributed by atoms with Crippen molar-refractivity contribution in [2.75, 3.05) is 0 Å². The molecular weight excluding hydrogens is 300 g/mol. The molecular formula is C16H16F4O2. The Bertz CT molecular complexity index is 599. The maximum atomic E-state index is 13.2.